The zero-order chi connectivity index (χ0) is 11.4. The van der Waals surface area contributed by atoms with Gasteiger partial charge in [-0.05, 0) is 26.3 Å². The van der Waals surface area contributed by atoms with E-state index in [9.17, 15) is 4.79 Å². The highest BCUT2D eigenvalue weighted by atomic mass is 16.5. The van der Waals surface area contributed by atoms with Gasteiger partial charge in [-0.15, -0.1) is 0 Å². The average molecular weight is 223 g/mol. The molecular weight excluding hydrogens is 206 g/mol. The maximum atomic E-state index is 11.8. The second-order valence-corrected chi connectivity index (χ2v) is 3.93. The number of rotatable bonds is 4. The highest BCUT2D eigenvalue weighted by Gasteiger charge is 2.15. The fraction of sp³-hybridized carbons (Fsp3) is 0.636. The van der Waals surface area contributed by atoms with Gasteiger partial charge in [0.1, 0.15) is 6.61 Å². The lowest BCUT2D eigenvalue weighted by atomic mass is 10.2. The summed E-state index contributed by atoms with van der Waals surface area (Å²) in [6.07, 6.45) is 5.55. The van der Waals surface area contributed by atoms with Gasteiger partial charge >= 0.3 is 5.56 Å². The Kier molecular flexibility index (Phi) is 3.56. The summed E-state index contributed by atoms with van der Waals surface area (Å²) in [5.74, 6) is 0.207. The molecule has 0 amide bonds. The Balaban J connectivity index is 2.00. The molecule has 2 heterocycles. The lowest BCUT2D eigenvalue weighted by molar-refractivity contribution is 0.261. The quantitative estimate of drug-likeness (QED) is 0.802. The first-order valence-electron chi connectivity index (χ1n) is 5.73. The van der Waals surface area contributed by atoms with Crippen LogP contribution >= 0.6 is 0 Å². The molecule has 5 heteroatoms. The Labute approximate surface area is 94.5 Å². The molecule has 1 unspecified atom stereocenters. The zero-order valence-electron chi connectivity index (χ0n) is 9.48. The second-order valence-electron chi connectivity index (χ2n) is 3.93. The molecule has 0 aromatic carbocycles. The molecule has 1 aliphatic heterocycles. The number of nitrogens with zero attached hydrogens (tertiary/aromatic N) is 2. The number of aryl methyl sites for hydroxylation is 1. The third-order valence-electron chi connectivity index (χ3n) is 2.81. The fourth-order valence-corrected chi connectivity index (χ4v) is 1.85. The Morgan fingerprint density at radius 1 is 1.69 bits per heavy atom. The molecule has 5 nitrogen and oxygen atoms in total. The lowest BCUT2D eigenvalue weighted by Crippen LogP contribution is -2.30. The Bertz CT molecular complexity index is 396. The van der Waals surface area contributed by atoms with E-state index in [1.807, 2.05) is 6.92 Å². The minimum atomic E-state index is -0.150. The summed E-state index contributed by atoms with van der Waals surface area (Å²) in [5, 5.41) is 3.31. The van der Waals surface area contributed by atoms with Crippen LogP contribution in [0.15, 0.2) is 17.2 Å². The van der Waals surface area contributed by atoms with Crippen LogP contribution in [0.4, 0.5) is 0 Å². The maximum Gasteiger partial charge on any atom is 0.313 e. The first-order chi connectivity index (χ1) is 7.81. The van der Waals surface area contributed by atoms with E-state index in [0.29, 0.717) is 19.2 Å². The maximum absolute atomic E-state index is 11.8. The van der Waals surface area contributed by atoms with E-state index < -0.39 is 0 Å². The van der Waals surface area contributed by atoms with E-state index >= 15 is 0 Å². The van der Waals surface area contributed by atoms with Gasteiger partial charge in [-0.3, -0.25) is 4.79 Å². The molecule has 0 aliphatic carbocycles. The smallest absolute Gasteiger partial charge is 0.313 e. The van der Waals surface area contributed by atoms with Gasteiger partial charge in [0.25, 0.3) is 5.88 Å². The monoisotopic (exact) mass is 223 g/mol. The highest BCUT2D eigenvalue weighted by Crippen LogP contribution is 2.06. The van der Waals surface area contributed by atoms with Crippen molar-refractivity contribution < 1.29 is 4.74 Å². The van der Waals surface area contributed by atoms with Crippen LogP contribution in [-0.2, 0) is 6.54 Å². The van der Waals surface area contributed by atoms with Gasteiger partial charge in [0.15, 0.2) is 0 Å². The molecule has 0 radical (unpaired) electrons. The van der Waals surface area contributed by atoms with E-state index in [1.54, 1.807) is 17.0 Å². The normalized spacial score (nSPS) is 19.9. The van der Waals surface area contributed by atoms with Gasteiger partial charge in [0, 0.05) is 25.0 Å². The minimum absolute atomic E-state index is 0.150. The predicted octanol–water partition coefficient (Wildman–Crippen LogP) is 0.394. The van der Waals surface area contributed by atoms with E-state index in [0.717, 1.165) is 13.0 Å². The fourth-order valence-electron chi connectivity index (χ4n) is 1.85. The molecule has 1 aliphatic rings. The van der Waals surface area contributed by atoms with Crippen molar-refractivity contribution in [1.82, 2.24) is 14.9 Å². The summed E-state index contributed by atoms with van der Waals surface area (Å²) in [6, 6.07) is 0.358. The van der Waals surface area contributed by atoms with Crippen molar-refractivity contribution in [2.45, 2.75) is 32.4 Å². The molecule has 88 valence electrons. The van der Waals surface area contributed by atoms with Gasteiger partial charge in [-0.25, -0.2) is 4.98 Å². The van der Waals surface area contributed by atoms with Crippen molar-refractivity contribution in [2.24, 2.45) is 0 Å². The van der Waals surface area contributed by atoms with Crippen LogP contribution in [0.1, 0.15) is 19.8 Å². The Hall–Kier alpha value is -1.36. The van der Waals surface area contributed by atoms with Crippen LogP contribution in [0.5, 0.6) is 5.88 Å². The summed E-state index contributed by atoms with van der Waals surface area (Å²) in [4.78, 5) is 15.7. The van der Waals surface area contributed by atoms with Gasteiger partial charge in [0.2, 0.25) is 0 Å². The van der Waals surface area contributed by atoms with E-state index in [2.05, 4.69) is 10.3 Å². The minimum Gasteiger partial charge on any atom is -0.472 e. The molecule has 1 aromatic heterocycles. The van der Waals surface area contributed by atoms with Gasteiger partial charge in [-0.1, -0.05) is 0 Å². The van der Waals surface area contributed by atoms with Gasteiger partial charge in [0.05, 0.1) is 0 Å². The van der Waals surface area contributed by atoms with E-state index in [1.165, 1.54) is 6.42 Å². The van der Waals surface area contributed by atoms with Gasteiger partial charge in [-0.2, -0.15) is 0 Å². The zero-order valence-corrected chi connectivity index (χ0v) is 9.48. The summed E-state index contributed by atoms with van der Waals surface area (Å²) >= 11 is 0. The molecule has 16 heavy (non-hydrogen) atoms. The largest absolute Gasteiger partial charge is 0.472 e. The summed E-state index contributed by atoms with van der Waals surface area (Å²) in [7, 11) is 0. The van der Waals surface area contributed by atoms with Gasteiger partial charge < -0.3 is 14.6 Å². The molecule has 1 saturated heterocycles. The highest BCUT2D eigenvalue weighted by molar-refractivity contribution is 5.04. The second kappa shape index (κ2) is 5.12. The molecular formula is C11H17N3O2. The lowest BCUT2D eigenvalue weighted by Gasteiger charge is -2.11. The molecule has 2 rings (SSSR count). The van der Waals surface area contributed by atoms with Crippen molar-refractivity contribution in [2.75, 3.05) is 13.2 Å². The summed E-state index contributed by atoms with van der Waals surface area (Å²) in [5.41, 5.74) is -0.150. The topological polar surface area (TPSA) is 56.1 Å². The summed E-state index contributed by atoms with van der Waals surface area (Å²) < 4.78 is 7.04. The van der Waals surface area contributed by atoms with E-state index in [4.69, 9.17) is 4.74 Å². The Morgan fingerprint density at radius 3 is 3.25 bits per heavy atom. The molecule has 0 spiro atoms. The van der Waals surface area contributed by atoms with Crippen LogP contribution in [0, 0.1) is 0 Å². The van der Waals surface area contributed by atoms with Crippen LogP contribution in [0.2, 0.25) is 0 Å². The first kappa shape index (κ1) is 11.1. The Morgan fingerprint density at radius 2 is 2.56 bits per heavy atom. The van der Waals surface area contributed by atoms with Crippen molar-refractivity contribution in [3.05, 3.63) is 22.7 Å². The van der Waals surface area contributed by atoms with Crippen molar-refractivity contribution >= 4 is 0 Å². The average Bonchev–Trinajstić information content (AvgIpc) is 2.81. The van der Waals surface area contributed by atoms with Crippen LogP contribution in [0.3, 0.4) is 0 Å². The van der Waals surface area contributed by atoms with Crippen molar-refractivity contribution in [3.63, 3.8) is 0 Å². The van der Waals surface area contributed by atoms with Crippen molar-refractivity contribution in [1.29, 1.82) is 0 Å². The van der Waals surface area contributed by atoms with Crippen LogP contribution < -0.4 is 15.6 Å². The van der Waals surface area contributed by atoms with Crippen LogP contribution in [0.25, 0.3) is 0 Å². The number of hydrogen-bond donors (Lipinski definition) is 1. The molecule has 1 fully saturated rings. The predicted molar refractivity (Wildman–Crippen MR) is 60.7 cm³/mol. The van der Waals surface area contributed by atoms with Crippen molar-refractivity contribution in [3.8, 4) is 5.88 Å². The molecule has 0 saturated carbocycles. The number of hydrogen-bond acceptors (Lipinski definition) is 4. The molecule has 1 aromatic rings. The standard InChI is InChI=1S/C11H17N3O2/c1-2-14-7-6-13-10(11(14)15)16-8-9-4-3-5-12-9/h6-7,9,12H,2-5,8H2,1H3. The van der Waals surface area contributed by atoms with Crippen LogP contribution in [-0.4, -0.2) is 28.7 Å². The van der Waals surface area contributed by atoms with E-state index in [-0.39, 0.29) is 11.4 Å². The first-order valence-corrected chi connectivity index (χ1v) is 5.73. The molecule has 1 atom stereocenters. The summed E-state index contributed by atoms with van der Waals surface area (Å²) in [6.45, 7) is 4.12. The number of aromatic nitrogens is 2. The molecule has 1 N–H and O–H groups in total. The number of ether oxygens (including phenoxy) is 1. The number of nitrogens with one attached hydrogen (secondary N) is 1. The SMILES string of the molecule is CCn1ccnc(OCC2CCCN2)c1=O. The third-order valence-corrected chi connectivity index (χ3v) is 2.81. The molecule has 0 bridgehead atoms. The third kappa shape index (κ3) is 2.41.